The standard InChI is InChI=1S/C13H15BrClN3/c1-2-12(13-16-5-6-17-13)18-8-9-3-4-11(15)10(14)7-9/h3-7,12,18H,2,8H2,1H3,(H,16,17). The molecule has 0 aliphatic heterocycles. The van der Waals surface area contributed by atoms with Gasteiger partial charge in [-0.05, 0) is 40.0 Å². The van der Waals surface area contributed by atoms with E-state index < -0.39 is 0 Å². The van der Waals surface area contributed by atoms with Crippen LogP contribution in [0.3, 0.4) is 0 Å². The Hall–Kier alpha value is -0.840. The van der Waals surface area contributed by atoms with E-state index in [1.54, 1.807) is 6.20 Å². The number of hydrogen-bond donors (Lipinski definition) is 2. The van der Waals surface area contributed by atoms with Crippen molar-refractivity contribution in [3.63, 3.8) is 0 Å². The highest BCUT2D eigenvalue weighted by Crippen LogP contribution is 2.23. The molecule has 1 heterocycles. The number of H-pyrrole nitrogens is 1. The summed E-state index contributed by atoms with van der Waals surface area (Å²) in [5.41, 5.74) is 1.19. The van der Waals surface area contributed by atoms with E-state index in [1.165, 1.54) is 5.56 Å². The molecule has 0 aliphatic rings. The van der Waals surface area contributed by atoms with E-state index in [1.807, 2.05) is 24.4 Å². The van der Waals surface area contributed by atoms with Crippen LogP contribution in [0.2, 0.25) is 5.02 Å². The molecule has 0 bridgehead atoms. The second-order valence-electron chi connectivity index (χ2n) is 4.06. The van der Waals surface area contributed by atoms with Gasteiger partial charge >= 0.3 is 0 Å². The number of halogens is 2. The molecule has 0 saturated heterocycles. The van der Waals surface area contributed by atoms with Gasteiger partial charge in [0.15, 0.2) is 0 Å². The summed E-state index contributed by atoms with van der Waals surface area (Å²) in [5.74, 6) is 0.977. The van der Waals surface area contributed by atoms with Crippen LogP contribution in [-0.2, 0) is 6.54 Å². The fourth-order valence-corrected chi connectivity index (χ4v) is 2.34. The minimum Gasteiger partial charge on any atom is -0.347 e. The van der Waals surface area contributed by atoms with Gasteiger partial charge in [-0.3, -0.25) is 0 Å². The second kappa shape index (κ2) is 6.36. The first-order chi connectivity index (χ1) is 8.70. The third-order valence-electron chi connectivity index (χ3n) is 2.79. The minimum atomic E-state index is 0.245. The quantitative estimate of drug-likeness (QED) is 0.868. The van der Waals surface area contributed by atoms with Gasteiger partial charge in [-0.2, -0.15) is 0 Å². The van der Waals surface area contributed by atoms with E-state index in [-0.39, 0.29) is 6.04 Å². The zero-order valence-corrected chi connectivity index (χ0v) is 12.4. The molecule has 1 atom stereocenters. The molecule has 0 amide bonds. The molecule has 0 radical (unpaired) electrons. The van der Waals surface area contributed by atoms with E-state index in [2.05, 4.69) is 38.1 Å². The second-order valence-corrected chi connectivity index (χ2v) is 5.33. The summed E-state index contributed by atoms with van der Waals surface area (Å²) < 4.78 is 0.925. The van der Waals surface area contributed by atoms with Gasteiger partial charge in [0.25, 0.3) is 0 Å². The van der Waals surface area contributed by atoms with E-state index in [9.17, 15) is 0 Å². The van der Waals surface area contributed by atoms with E-state index in [0.29, 0.717) is 0 Å². The highest BCUT2D eigenvalue weighted by Gasteiger charge is 2.10. The van der Waals surface area contributed by atoms with Crippen LogP contribution in [0, 0.1) is 0 Å². The molecule has 1 unspecified atom stereocenters. The first kappa shape index (κ1) is 13.6. The van der Waals surface area contributed by atoms with Gasteiger partial charge < -0.3 is 10.3 Å². The van der Waals surface area contributed by atoms with Crippen molar-refractivity contribution in [3.05, 3.63) is 51.5 Å². The Balaban J connectivity index is 1.99. The van der Waals surface area contributed by atoms with Crippen LogP contribution in [0.5, 0.6) is 0 Å². The van der Waals surface area contributed by atoms with E-state index in [4.69, 9.17) is 11.6 Å². The van der Waals surface area contributed by atoms with Crippen molar-refractivity contribution < 1.29 is 0 Å². The third kappa shape index (κ3) is 3.34. The number of nitrogens with one attached hydrogen (secondary N) is 2. The Morgan fingerprint density at radius 3 is 2.94 bits per heavy atom. The monoisotopic (exact) mass is 327 g/mol. The molecule has 18 heavy (non-hydrogen) atoms. The molecule has 1 aromatic heterocycles. The number of aromatic amines is 1. The summed E-state index contributed by atoms with van der Waals surface area (Å²) in [7, 11) is 0. The Morgan fingerprint density at radius 2 is 2.33 bits per heavy atom. The summed E-state index contributed by atoms with van der Waals surface area (Å²) in [6.07, 6.45) is 4.61. The van der Waals surface area contributed by atoms with Crippen LogP contribution in [0.25, 0.3) is 0 Å². The van der Waals surface area contributed by atoms with Crippen LogP contribution < -0.4 is 5.32 Å². The van der Waals surface area contributed by atoms with Gasteiger partial charge in [0.1, 0.15) is 5.82 Å². The molecule has 0 aliphatic carbocycles. The predicted octanol–water partition coefficient (Wildman–Crippen LogP) is 4.07. The molecular weight excluding hydrogens is 314 g/mol. The number of imidazole rings is 1. The number of hydrogen-bond acceptors (Lipinski definition) is 2. The Kier molecular flexibility index (Phi) is 4.80. The number of rotatable bonds is 5. The molecule has 1 aromatic carbocycles. The maximum absolute atomic E-state index is 5.97. The summed E-state index contributed by atoms with van der Waals surface area (Å²) in [6, 6.07) is 6.20. The zero-order chi connectivity index (χ0) is 13.0. The number of nitrogens with zero attached hydrogens (tertiary/aromatic N) is 1. The van der Waals surface area contributed by atoms with Crippen LogP contribution in [0.15, 0.2) is 35.1 Å². The van der Waals surface area contributed by atoms with Crippen LogP contribution in [0.1, 0.15) is 30.8 Å². The summed E-state index contributed by atoms with van der Waals surface area (Å²) >= 11 is 9.40. The van der Waals surface area contributed by atoms with Crippen molar-refractivity contribution in [1.82, 2.24) is 15.3 Å². The Labute approximate surface area is 120 Å². The van der Waals surface area contributed by atoms with Gasteiger partial charge in [-0.15, -0.1) is 0 Å². The van der Waals surface area contributed by atoms with Crippen molar-refractivity contribution in [2.24, 2.45) is 0 Å². The summed E-state index contributed by atoms with van der Waals surface area (Å²) in [4.78, 5) is 7.42. The molecule has 96 valence electrons. The van der Waals surface area contributed by atoms with Crippen LogP contribution >= 0.6 is 27.5 Å². The molecular formula is C13H15BrClN3. The molecule has 2 aromatic rings. The van der Waals surface area contributed by atoms with Crippen molar-refractivity contribution in [2.75, 3.05) is 0 Å². The topological polar surface area (TPSA) is 40.7 Å². The molecule has 3 nitrogen and oxygen atoms in total. The van der Waals surface area contributed by atoms with Gasteiger partial charge in [0.05, 0.1) is 11.1 Å². The van der Waals surface area contributed by atoms with Crippen molar-refractivity contribution in [3.8, 4) is 0 Å². The fourth-order valence-electron chi connectivity index (χ4n) is 1.79. The highest BCUT2D eigenvalue weighted by atomic mass is 79.9. The molecule has 5 heteroatoms. The summed E-state index contributed by atoms with van der Waals surface area (Å²) in [6.45, 7) is 2.92. The lowest BCUT2D eigenvalue weighted by Gasteiger charge is -2.14. The van der Waals surface area contributed by atoms with Crippen LogP contribution in [0.4, 0.5) is 0 Å². The van der Waals surface area contributed by atoms with Gasteiger partial charge in [-0.1, -0.05) is 24.6 Å². The van der Waals surface area contributed by atoms with Gasteiger partial charge in [0, 0.05) is 23.4 Å². The maximum atomic E-state index is 5.97. The highest BCUT2D eigenvalue weighted by molar-refractivity contribution is 9.10. The van der Waals surface area contributed by atoms with E-state index >= 15 is 0 Å². The molecule has 0 spiro atoms. The third-order valence-corrected chi connectivity index (χ3v) is 4.01. The molecule has 2 rings (SSSR count). The van der Waals surface area contributed by atoms with Crippen molar-refractivity contribution in [1.29, 1.82) is 0 Å². The molecule has 2 N–H and O–H groups in total. The number of benzene rings is 1. The fraction of sp³-hybridized carbons (Fsp3) is 0.308. The minimum absolute atomic E-state index is 0.245. The van der Waals surface area contributed by atoms with Crippen molar-refractivity contribution in [2.45, 2.75) is 25.9 Å². The molecule has 0 saturated carbocycles. The zero-order valence-electron chi connectivity index (χ0n) is 10.1. The lowest BCUT2D eigenvalue weighted by atomic mass is 10.1. The van der Waals surface area contributed by atoms with Crippen LogP contribution in [-0.4, -0.2) is 9.97 Å². The first-order valence-corrected chi connectivity index (χ1v) is 7.04. The predicted molar refractivity (Wildman–Crippen MR) is 77.6 cm³/mol. The molecule has 0 fully saturated rings. The average Bonchev–Trinajstić information content (AvgIpc) is 2.88. The Morgan fingerprint density at radius 1 is 1.50 bits per heavy atom. The number of aromatic nitrogens is 2. The van der Waals surface area contributed by atoms with E-state index in [0.717, 1.165) is 28.3 Å². The van der Waals surface area contributed by atoms with Gasteiger partial charge in [0.2, 0.25) is 0 Å². The van der Waals surface area contributed by atoms with Crippen molar-refractivity contribution >= 4 is 27.5 Å². The largest absolute Gasteiger partial charge is 0.347 e. The normalized spacial score (nSPS) is 12.6. The summed E-state index contributed by atoms with van der Waals surface area (Å²) in [5, 5.41) is 4.21. The van der Waals surface area contributed by atoms with Gasteiger partial charge in [-0.25, -0.2) is 4.98 Å². The Bertz CT molecular complexity index is 499. The smallest absolute Gasteiger partial charge is 0.123 e. The maximum Gasteiger partial charge on any atom is 0.123 e. The SMILES string of the molecule is CCC(NCc1ccc(Cl)c(Br)c1)c1ncc[nH]1. The first-order valence-electron chi connectivity index (χ1n) is 5.87. The average molecular weight is 329 g/mol. The lowest BCUT2D eigenvalue weighted by Crippen LogP contribution is -2.21. The lowest BCUT2D eigenvalue weighted by molar-refractivity contribution is 0.498.